The van der Waals surface area contributed by atoms with Crippen molar-refractivity contribution < 1.29 is 4.79 Å². The van der Waals surface area contributed by atoms with E-state index in [0.717, 1.165) is 27.4 Å². The number of nitrogens with one attached hydrogen (secondary N) is 1. The molecule has 2 aliphatic heterocycles. The van der Waals surface area contributed by atoms with Gasteiger partial charge < -0.3 is 4.90 Å². The van der Waals surface area contributed by atoms with Crippen molar-refractivity contribution in [2.45, 2.75) is 11.9 Å². The number of thioether (sulfide) groups is 1. The van der Waals surface area contributed by atoms with Crippen molar-refractivity contribution in [2.75, 3.05) is 19.0 Å². The number of fused-ring (bicyclic) bond motifs is 2. The summed E-state index contributed by atoms with van der Waals surface area (Å²) in [7, 11) is 4.01. The molecule has 0 unspecified atom stereocenters. The third-order valence-electron chi connectivity index (χ3n) is 5.55. The van der Waals surface area contributed by atoms with Gasteiger partial charge in [-0.15, -0.1) is 5.10 Å². The first-order chi connectivity index (χ1) is 16.0. The molecule has 0 saturated heterocycles. The average molecular weight is 476 g/mol. The molecule has 0 saturated carbocycles. The molecule has 2 aliphatic rings. The van der Waals surface area contributed by atoms with E-state index in [2.05, 4.69) is 5.32 Å². The van der Waals surface area contributed by atoms with Crippen molar-refractivity contribution in [3.8, 4) is 0 Å². The molecule has 6 nitrogen and oxygen atoms in total. The number of amidine groups is 1. The highest BCUT2D eigenvalue weighted by Gasteiger charge is 2.34. The Labute approximate surface area is 201 Å². The molecule has 0 aromatic heterocycles. The van der Waals surface area contributed by atoms with E-state index >= 15 is 0 Å². The van der Waals surface area contributed by atoms with E-state index in [1.165, 1.54) is 11.8 Å². The van der Waals surface area contributed by atoms with Gasteiger partial charge in [0.1, 0.15) is 5.70 Å². The van der Waals surface area contributed by atoms with E-state index in [1.807, 2.05) is 91.8 Å². The molecule has 0 fully saturated rings. The Bertz CT molecular complexity index is 1370. The van der Waals surface area contributed by atoms with Gasteiger partial charge in [0.2, 0.25) is 0 Å². The molecular formula is C25H22ClN5OS. The minimum absolute atomic E-state index is 0.191. The summed E-state index contributed by atoms with van der Waals surface area (Å²) in [5.41, 5.74) is 3.54. The van der Waals surface area contributed by atoms with Crippen molar-refractivity contribution in [3.05, 3.63) is 99.5 Å². The van der Waals surface area contributed by atoms with Crippen molar-refractivity contribution in [2.24, 2.45) is 10.1 Å². The zero-order valence-corrected chi connectivity index (χ0v) is 19.8. The van der Waals surface area contributed by atoms with Gasteiger partial charge in [-0.3, -0.25) is 15.1 Å². The van der Waals surface area contributed by atoms with E-state index in [4.69, 9.17) is 21.7 Å². The second-order valence-corrected chi connectivity index (χ2v) is 9.31. The minimum Gasteiger partial charge on any atom is -0.378 e. The summed E-state index contributed by atoms with van der Waals surface area (Å²) in [4.78, 5) is 20.2. The summed E-state index contributed by atoms with van der Waals surface area (Å²) in [5, 5.41) is 12.3. The lowest BCUT2D eigenvalue weighted by Crippen LogP contribution is -2.50. The van der Waals surface area contributed by atoms with Crippen molar-refractivity contribution in [1.29, 1.82) is 0 Å². The van der Waals surface area contributed by atoms with Crippen LogP contribution in [0.1, 0.15) is 17.3 Å². The van der Waals surface area contributed by atoms with Gasteiger partial charge in [-0.1, -0.05) is 71.9 Å². The number of amides is 1. The standard InChI is InChI=1S/C25H22ClN5OS/c1-30(2)18-13-11-16(12-14-18)23-27-21-10-6-4-8-19(21)22-24(32)28-25(29-31(22)23)33-15-17-7-3-5-9-20(17)26/h3-14,23H,15H2,1-2H3,(H,28,29,32)/t23-/m0/s1. The zero-order valence-electron chi connectivity index (χ0n) is 18.2. The van der Waals surface area contributed by atoms with Gasteiger partial charge >= 0.3 is 0 Å². The molecule has 0 bridgehead atoms. The first kappa shape index (κ1) is 21.6. The molecule has 1 atom stereocenters. The lowest BCUT2D eigenvalue weighted by atomic mass is 10.1. The van der Waals surface area contributed by atoms with Gasteiger partial charge in [0.15, 0.2) is 11.3 Å². The number of hydrogen-bond acceptors (Lipinski definition) is 6. The van der Waals surface area contributed by atoms with Gasteiger partial charge in [0.25, 0.3) is 5.91 Å². The maximum atomic E-state index is 13.2. The number of benzene rings is 3. The summed E-state index contributed by atoms with van der Waals surface area (Å²) >= 11 is 7.74. The topological polar surface area (TPSA) is 60.3 Å². The second kappa shape index (κ2) is 8.92. The number of hydrazone groups is 1. The Morgan fingerprint density at radius 1 is 1.03 bits per heavy atom. The molecule has 3 aromatic carbocycles. The average Bonchev–Trinajstić information content (AvgIpc) is 2.83. The summed E-state index contributed by atoms with van der Waals surface area (Å²) in [6.07, 6.45) is -0.437. The molecule has 166 valence electrons. The van der Waals surface area contributed by atoms with Crippen LogP contribution in [0.3, 0.4) is 0 Å². The smallest absolute Gasteiger partial charge is 0.276 e. The predicted molar refractivity (Wildman–Crippen MR) is 134 cm³/mol. The number of hydrogen-bond donors (Lipinski definition) is 1. The highest BCUT2D eigenvalue weighted by Crippen LogP contribution is 2.32. The highest BCUT2D eigenvalue weighted by atomic mass is 35.5. The SMILES string of the molecule is CN(C)c1ccc([C@H]2N=c3ccccc3=C3C(=O)NC(SCc4ccccc4Cl)=NN32)cc1. The molecule has 1 amide bonds. The third-order valence-corrected chi connectivity index (χ3v) is 6.83. The van der Waals surface area contributed by atoms with E-state index in [0.29, 0.717) is 21.6 Å². The fourth-order valence-corrected chi connectivity index (χ4v) is 4.95. The van der Waals surface area contributed by atoms with Gasteiger partial charge in [0, 0.05) is 35.8 Å². The van der Waals surface area contributed by atoms with Crippen molar-refractivity contribution in [1.82, 2.24) is 10.3 Å². The molecule has 0 spiro atoms. The van der Waals surface area contributed by atoms with Gasteiger partial charge in [-0.25, -0.2) is 5.01 Å². The number of carbonyl (C=O) groups is 1. The largest absolute Gasteiger partial charge is 0.378 e. The summed E-state index contributed by atoms with van der Waals surface area (Å²) in [6.45, 7) is 0. The Balaban J connectivity index is 1.55. The number of carbonyl (C=O) groups excluding carboxylic acids is 1. The van der Waals surface area contributed by atoms with Crippen molar-refractivity contribution in [3.63, 3.8) is 0 Å². The van der Waals surface area contributed by atoms with E-state index in [1.54, 1.807) is 5.01 Å². The lowest BCUT2D eigenvalue weighted by molar-refractivity contribution is -0.116. The Morgan fingerprint density at radius 2 is 1.76 bits per heavy atom. The van der Waals surface area contributed by atoms with Crippen LogP contribution in [0.15, 0.2) is 82.9 Å². The quantitative estimate of drug-likeness (QED) is 0.627. The number of para-hydroxylation sites is 1. The number of anilines is 1. The fourth-order valence-electron chi connectivity index (χ4n) is 3.82. The normalized spacial score (nSPS) is 16.9. The second-order valence-electron chi connectivity index (χ2n) is 7.94. The summed E-state index contributed by atoms with van der Waals surface area (Å²) in [5.74, 6) is 0.404. The van der Waals surface area contributed by atoms with Crippen LogP contribution in [0.5, 0.6) is 0 Å². The van der Waals surface area contributed by atoms with Crippen LogP contribution in [0.25, 0.3) is 5.70 Å². The number of rotatable bonds is 4. The van der Waals surface area contributed by atoms with Crippen LogP contribution < -0.4 is 20.8 Å². The molecule has 0 aliphatic carbocycles. The van der Waals surface area contributed by atoms with E-state index in [9.17, 15) is 4.79 Å². The first-order valence-corrected chi connectivity index (χ1v) is 11.9. The van der Waals surface area contributed by atoms with Crippen molar-refractivity contribution >= 4 is 45.8 Å². The molecule has 3 aromatic rings. The van der Waals surface area contributed by atoms with Gasteiger partial charge in [-0.2, -0.15) is 0 Å². The maximum Gasteiger partial charge on any atom is 0.276 e. The predicted octanol–water partition coefficient (Wildman–Crippen LogP) is 3.48. The van der Waals surface area contributed by atoms with Crippen LogP contribution in [-0.2, 0) is 10.5 Å². The summed E-state index contributed by atoms with van der Waals surface area (Å²) in [6, 6.07) is 23.5. The zero-order chi connectivity index (χ0) is 22.9. The number of nitrogens with zero attached hydrogens (tertiary/aromatic N) is 4. The van der Waals surface area contributed by atoms with Crippen LogP contribution >= 0.6 is 23.4 Å². The molecule has 5 rings (SSSR count). The lowest BCUT2D eigenvalue weighted by Gasteiger charge is -2.34. The van der Waals surface area contributed by atoms with Crippen LogP contribution in [0, 0.1) is 0 Å². The highest BCUT2D eigenvalue weighted by molar-refractivity contribution is 8.13. The summed E-state index contributed by atoms with van der Waals surface area (Å²) < 4.78 is 0. The molecular weight excluding hydrogens is 454 g/mol. The van der Waals surface area contributed by atoms with Gasteiger partial charge in [-0.05, 0) is 35.4 Å². The van der Waals surface area contributed by atoms with Crippen LogP contribution in [0.2, 0.25) is 5.02 Å². The van der Waals surface area contributed by atoms with Gasteiger partial charge in [0.05, 0.1) is 5.36 Å². The molecule has 0 radical (unpaired) electrons. The first-order valence-electron chi connectivity index (χ1n) is 10.5. The van der Waals surface area contributed by atoms with E-state index < -0.39 is 6.17 Å². The molecule has 8 heteroatoms. The molecule has 33 heavy (non-hydrogen) atoms. The number of halogens is 1. The van der Waals surface area contributed by atoms with E-state index in [-0.39, 0.29) is 5.91 Å². The van der Waals surface area contributed by atoms with Crippen LogP contribution in [0.4, 0.5) is 5.69 Å². The fraction of sp³-hybridized carbons (Fsp3) is 0.160. The minimum atomic E-state index is -0.437. The Kier molecular flexibility index (Phi) is 5.83. The Morgan fingerprint density at radius 3 is 2.52 bits per heavy atom. The Hall–Kier alpha value is -3.29. The molecule has 1 N–H and O–H groups in total. The monoisotopic (exact) mass is 475 g/mol. The third kappa shape index (κ3) is 4.21. The molecule has 2 heterocycles. The maximum absolute atomic E-state index is 13.2. The van der Waals surface area contributed by atoms with Crippen LogP contribution in [-0.4, -0.2) is 30.2 Å².